The Morgan fingerprint density at radius 1 is 1.41 bits per heavy atom. The number of carbonyl (C=O) groups is 3. The lowest BCUT2D eigenvalue weighted by molar-refractivity contribution is -0.135. The van der Waals surface area contributed by atoms with Crippen LogP contribution in [0.4, 0.5) is 9.18 Å². The first-order valence-electron chi connectivity index (χ1n) is 8.88. The topological polar surface area (TPSA) is 102 Å². The highest BCUT2D eigenvalue weighted by Crippen LogP contribution is 2.39. The van der Waals surface area contributed by atoms with Gasteiger partial charge in [0.2, 0.25) is 5.91 Å². The van der Waals surface area contributed by atoms with Crippen LogP contribution in [0, 0.1) is 23.1 Å². The number of hydrogen-bond acceptors (Lipinski definition) is 4. The number of benzene rings is 1. The summed E-state index contributed by atoms with van der Waals surface area (Å²) in [5.41, 5.74) is -1.89. The molecule has 8 heteroatoms. The highest BCUT2D eigenvalue weighted by atomic mass is 19.1. The molecule has 3 rings (SSSR count). The van der Waals surface area contributed by atoms with Gasteiger partial charge in [0.05, 0.1) is 6.07 Å². The molecule has 1 saturated heterocycles. The first-order chi connectivity index (χ1) is 12.8. The van der Waals surface area contributed by atoms with Gasteiger partial charge in [-0.1, -0.05) is 19.1 Å². The molecular formula is C19H21FN4O3. The van der Waals surface area contributed by atoms with E-state index in [-0.39, 0.29) is 12.3 Å². The van der Waals surface area contributed by atoms with Crippen molar-refractivity contribution in [1.82, 2.24) is 15.5 Å². The fourth-order valence-corrected chi connectivity index (χ4v) is 3.50. The SMILES string of the molecule is CC[C@]1(c2ccc(F)cc2)NC(=O)N(CC(=O)N[C@@](C)(C#N)C2CC2)C1=O. The minimum absolute atomic E-state index is 0.0866. The van der Waals surface area contributed by atoms with Crippen molar-refractivity contribution in [3.8, 4) is 6.07 Å². The molecular weight excluding hydrogens is 351 g/mol. The van der Waals surface area contributed by atoms with E-state index in [1.165, 1.54) is 24.3 Å². The fourth-order valence-electron chi connectivity index (χ4n) is 3.50. The van der Waals surface area contributed by atoms with Crippen molar-refractivity contribution < 1.29 is 18.8 Å². The summed E-state index contributed by atoms with van der Waals surface area (Å²) in [7, 11) is 0. The van der Waals surface area contributed by atoms with Crippen molar-refractivity contribution in [2.45, 2.75) is 44.2 Å². The van der Waals surface area contributed by atoms with E-state index in [9.17, 15) is 24.0 Å². The fraction of sp³-hybridized carbons (Fsp3) is 0.474. The lowest BCUT2D eigenvalue weighted by atomic mass is 9.87. The number of imide groups is 1. The molecule has 0 aromatic heterocycles. The van der Waals surface area contributed by atoms with Gasteiger partial charge >= 0.3 is 6.03 Å². The van der Waals surface area contributed by atoms with Gasteiger partial charge in [-0.2, -0.15) is 5.26 Å². The van der Waals surface area contributed by atoms with Crippen LogP contribution in [-0.2, 0) is 15.1 Å². The number of carbonyl (C=O) groups excluding carboxylic acids is 3. The third-order valence-electron chi connectivity index (χ3n) is 5.37. The molecule has 2 fully saturated rings. The molecule has 4 amide bonds. The van der Waals surface area contributed by atoms with Crippen LogP contribution in [0.25, 0.3) is 0 Å². The Kier molecular flexibility index (Phi) is 4.64. The van der Waals surface area contributed by atoms with Gasteiger partial charge in [-0.25, -0.2) is 9.18 Å². The Hall–Kier alpha value is -2.95. The van der Waals surface area contributed by atoms with E-state index < -0.39 is 41.3 Å². The second-order valence-corrected chi connectivity index (χ2v) is 7.22. The molecule has 2 atom stereocenters. The third-order valence-corrected chi connectivity index (χ3v) is 5.37. The minimum Gasteiger partial charge on any atom is -0.336 e. The summed E-state index contributed by atoms with van der Waals surface area (Å²) in [5, 5.41) is 14.6. The Balaban J connectivity index is 1.78. The van der Waals surface area contributed by atoms with Crippen molar-refractivity contribution in [3.63, 3.8) is 0 Å². The monoisotopic (exact) mass is 372 g/mol. The lowest BCUT2D eigenvalue weighted by Gasteiger charge is -2.26. The maximum Gasteiger partial charge on any atom is 0.325 e. The maximum absolute atomic E-state index is 13.2. The van der Waals surface area contributed by atoms with Gasteiger partial charge in [0.15, 0.2) is 0 Å². The molecule has 0 bridgehead atoms. The van der Waals surface area contributed by atoms with E-state index >= 15 is 0 Å². The molecule has 142 valence electrons. The summed E-state index contributed by atoms with van der Waals surface area (Å²) >= 11 is 0. The summed E-state index contributed by atoms with van der Waals surface area (Å²) in [6, 6.07) is 6.74. The standard InChI is InChI=1S/C19H21FN4O3/c1-3-19(13-6-8-14(20)9-7-13)16(26)24(17(27)23-19)10-15(25)22-18(2,11-21)12-4-5-12/h6-9,12H,3-5,10H2,1-2H3,(H,22,25)(H,23,27)/t18-,19+/m0/s1. The zero-order valence-electron chi connectivity index (χ0n) is 15.2. The Morgan fingerprint density at radius 2 is 2.04 bits per heavy atom. The number of urea groups is 1. The predicted octanol–water partition coefficient (Wildman–Crippen LogP) is 1.79. The van der Waals surface area contributed by atoms with Gasteiger partial charge < -0.3 is 10.6 Å². The Morgan fingerprint density at radius 3 is 2.56 bits per heavy atom. The molecule has 7 nitrogen and oxygen atoms in total. The lowest BCUT2D eigenvalue weighted by Crippen LogP contribution is -2.51. The summed E-state index contributed by atoms with van der Waals surface area (Å²) in [6.45, 7) is 2.89. The molecule has 1 aromatic carbocycles. The molecule has 1 saturated carbocycles. The van der Waals surface area contributed by atoms with Crippen LogP contribution < -0.4 is 10.6 Å². The smallest absolute Gasteiger partial charge is 0.325 e. The van der Waals surface area contributed by atoms with Crippen molar-refractivity contribution in [1.29, 1.82) is 5.26 Å². The Bertz CT molecular complexity index is 830. The zero-order valence-corrected chi connectivity index (χ0v) is 15.2. The zero-order chi connectivity index (χ0) is 19.8. The second kappa shape index (κ2) is 6.65. The summed E-state index contributed by atoms with van der Waals surface area (Å²) < 4.78 is 13.2. The molecule has 0 spiro atoms. The van der Waals surface area contributed by atoms with Gasteiger partial charge in [-0.15, -0.1) is 0 Å². The number of rotatable bonds is 6. The minimum atomic E-state index is -1.33. The van der Waals surface area contributed by atoms with E-state index in [1.54, 1.807) is 13.8 Å². The average molecular weight is 372 g/mol. The van der Waals surface area contributed by atoms with Crippen LogP contribution in [0.1, 0.15) is 38.7 Å². The first-order valence-corrected chi connectivity index (χ1v) is 8.88. The first kappa shape index (κ1) is 18.8. The molecule has 0 unspecified atom stereocenters. The van der Waals surface area contributed by atoms with Crippen molar-refractivity contribution >= 4 is 17.8 Å². The van der Waals surface area contributed by atoms with Crippen LogP contribution in [-0.4, -0.2) is 34.8 Å². The summed E-state index contributed by atoms with van der Waals surface area (Å²) in [5.74, 6) is -1.50. The molecule has 1 heterocycles. The van der Waals surface area contributed by atoms with E-state index in [2.05, 4.69) is 16.7 Å². The van der Waals surface area contributed by atoms with Crippen LogP contribution in [0.2, 0.25) is 0 Å². The van der Waals surface area contributed by atoms with E-state index in [0.29, 0.717) is 5.56 Å². The van der Waals surface area contributed by atoms with E-state index in [1.807, 2.05) is 0 Å². The van der Waals surface area contributed by atoms with Crippen LogP contribution in [0.15, 0.2) is 24.3 Å². The summed E-state index contributed by atoms with van der Waals surface area (Å²) in [4.78, 5) is 38.6. The molecule has 0 radical (unpaired) electrons. The molecule has 1 aliphatic heterocycles. The van der Waals surface area contributed by atoms with E-state index in [4.69, 9.17) is 0 Å². The van der Waals surface area contributed by atoms with Crippen LogP contribution in [0.5, 0.6) is 0 Å². The third kappa shape index (κ3) is 3.25. The molecule has 2 aliphatic rings. The normalized spacial score (nSPS) is 24.1. The summed E-state index contributed by atoms with van der Waals surface area (Å²) in [6.07, 6.45) is 1.97. The highest BCUT2D eigenvalue weighted by molar-refractivity contribution is 6.09. The van der Waals surface area contributed by atoms with Crippen LogP contribution in [0.3, 0.4) is 0 Å². The average Bonchev–Trinajstić information content (AvgIpc) is 3.47. The van der Waals surface area contributed by atoms with Crippen molar-refractivity contribution in [2.24, 2.45) is 5.92 Å². The van der Waals surface area contributed by atoms with Crippen LogP contribution >= 0.6 is 0 Å². The number of nitrogens with zero attached hydrogens (tertiary/aromatic N) is 2. The predicted molar refractivity (Wildman–Crippen MR) is 93.5 cm³/mol. The number of hydrogen-bond donors (Lipinski definition) is 2. The molecule has 1 aliphatic carbocycles. The maximum atomic E-state index is 13.2. The number of nitrogens with one attached hydrogen (secondary N) is 2. The highest BCUT2D eigenvalue weighted by Gasteiger charge is 2.52. The van der Waals surface area contributed by atoms with Gasteiger partial charge in [0.25, 0.3) is 5.91 Å². The largest absolute Gasteiger partial charge is 0.336 e. The Labute approximate surface area is 156 Å². The van der Waals surface area contributed by atoms with Gasteiger partial charge in [0.1, 0.15) is 23.4 Å². The van der Waals surface area contributed by atoms with Gasteiger partial charge in [0, 0.05) is 0 Å². The number of amides is 4. The van der Waals surface area contributed by atoms with Gasteiger partial charge in [-0.3, -0.25) is 14.5 Å². The number of nitriles is 1. The van der Waals surface area contributed by atoms with E-state index in [0.717, 1.165) is 17.7 Å². The quantitative estimate of drug-likeness (QED) is 0.743. The van der Waals surface area contributed by atoms with Gasteiger partial charge in [-0.05, 0) is 49.8 Å². The molecule has 1 aromatic rings. The number of halogens is 1. The molecule has 2 N–H and O–H groups in total. The second-order valence-electron chi connectivity index (χ2n) is 7.22. The van der Waals surface area contributed by atoms with Crippen molar-refractivity contribution in [3.05, 3.63) is 35.6 Å². The molecule has 27 heavy (non-hydrogen) atoms. The van der Waals surface area contributed by atoms with Crippen molar-refractivity contribution in [2.75, 3.05) is 6.54 Å².